The van der Waals surface area contributed by atoms with Crippen molar-refractivity contribution in [1.82, 2.24) is 10.6 Å². The number of nitrogens with one attached hydrogen (secondary N) is 2. The minimum atomic E-state index is -0.463. The maximum atomic E-state index is 14.2. The summed E-state index contributed by atoms with van der Waals surface area (Å²) in [5.74, 6) is 0.00194. The zero-order chi connectivity index (χ0) is 18.4. The Morgan fingerprint density at radius 1 is 1.23 bits per heavy atom. The number of carbonyl (C=O) groups excluding carboxylic acids is 2. The van der Waals surface area contributed by atoms with Gasteiger partial charge in [0, 0.05) is 13.0 Å². The van der Waals surface area contributed by atoms with Crippen LogP contribution in [0.15, 0.2) is 48.5 Å². The Morgan fingerprint density at radius 3 is 2.77 bits per heavy atom. The number of carbonyl (C=O) groups is 2. The summed E-state index contributed by atoms with van der Waals surface area (Å²) >= 11 is 0. The lowest BCUT2D eigenvalue weighted by Gasteiger charge is -2.22. The summed E-state index contributed by atoms with van der Waals surface area (Å²) in [7, 11) is 0. The van der Waals surface area contributed by atoms with Gasteiger partial charge < -0.3 is 15.4 Å². The quantitative estimate of drug-likeness (QED) is 0.836. The first-order chi connectivity index (χ1) is 12.6. The van der Waals surface area contributed by atoms with Crippen LogP contribution in [0.4, 0.5) is 4.39 Å². The Morgan fingerprint density at radius 2 is 2.04 bits per heavy atom. The van der Waals surface area contributed by atoms with Crippen molar-refractivity contribution in [2.75, 3.05) is 6.54 Å². The lowest BCUT2D eigenvalue weighted by Crippen LogP contribution is -2.49. The van der Waals surface area contributed by atoms with Crippen LogP contribution in [0.1, 0.15) is 24.8 Å². The van der Waals surface area contributed by atoms with E-state index in [9.17, 15) is 14.0 Å². The van der Waals surface area contributed by atoms with Crippen molar-refractivity contribution in [3.05, 3.63) is 59.9 Å². The van der Waals surface area contributed by atoms with E-state index in [1.165, 1.54) is 6.07 Å². The topological polar surface area (TPSA) is 67.4 Å². The highest BCUT2D eigenvalue weighted by molar-refractivity contribution is 5.88. The van der Waals surface area contributed by atoms with E-state index in [0.29, 0.717) is 31.6 Å². The van der Waals surface area contributed by atoms with Gasteiger partial charge >= 0.3 is 0 Å². The van der Waals surface area contributed by atoms with Crippen LogP contribution in [0.5, 0.6) is 11.5 Å². The van der Waals surface area contributed by atoms with E-state index >= 15 is 0 Å². The van der Waals surface area contributed by atoms with Gasteiger partial charge in [-0.05, 0) is 49.1 Å². The van der Waals surface area contributed by atoms with Crippen LogP contribution in [0.3, 0.4) is 0 Å². The van der Waals surface area contributed by atoms with Crippen LogP contribution in [-0.2, 0) is 16.0 Å². The number of amides is 2. The standard InChI is InChI=1S/C20H21FN2O3/c21-16-13-14(9-10-18(16)26-15-5-2-1-3-6-15)11-12-22-20(25)17-7-4-8-19(24)23-17/h1-3,5-6,9-10,13,17H,4,7-8,11-12H2,(H,22,25)(H,23,24)/t17-/m1/s1. The van der Waals surface area contributed by atoms with E-state index in [1.54, 1.807) is 24.3 Å². The first-order valence-corrected chi connectivity index (χ1v) is 8.70. The highest BCUT2D eigenvalue weighted by atomic mass is 19.1. The molecule has 1 fully saturated rings. The van der Waals surface area contributed by atoms with E-state index in [2.05, 4.69) is 10.6 Å². The molecule has 5 nitrogen and oxygen atoms in total. The van der Waals surface area contributed by atoms with Crippen LogP contribution in [0, 0.1) is 5.82 Å². The van der Waals surface area contributed by atoms with Gasteiger partial charge in [0.1, 0.15) is 11.8 Å². The van der Waals surface area contributed by atoms with Crippen LogP contribution in [0.25, 0.3) is 0 Å². The summed E-state index contributed by atoms with van der Waals surface area (Å²) in [5.41, 5.74) is 0.760. The first kappa shape index (κ1) is 17.9. The molecule has 1 aliphatic heterocycles. The monoisotopic (exact) mass is 356 g/mol. The van der Waals surface area contributed by atoms with E-state index in [4.69, 9.17) is 4.74 Å². The number of piperidine rings is 1. The van der Waals surface area contributed by atoms with E-state index < -0.39 is 11.9 Å². The predicted octanol–water partition coefficient (Wildman–Crippen LogP) is 2.95. The first-order valence-electron chi connectivity index (χ1n) is 8.70. The van der Waals surface area contributed by atoms with E-state index in [0.717, 1.165) is 12.0 Å². The second-order valence-electron chi connectivity index (χ2n) is 6.23. The fraction of sp³-hybridized carbons (Fsp3) is 0.300. The lowest BCUT2D eigenvalue weighted by molar-refractivity contribution is -0.130. The molecule has 6 heteroatoms. The molecule has 1 atom stereocenters. The fourth-order valence-electron chi connectivity index (χ4n) is 2.85. The third-order valence-electron chi connectivity index (χ3n) is 4.23. The van der Waals surface area contributed by atoms with Crippen molar-refractivity contribution in [3.8, 4) is 11.5 Å². The summed E-state index contributed by atoms with van der Waals surface area (Å²) < 4.78 is 19.7. The highest BCUT2D eigenvalue weighted by Crippen LogP contribution is 2.25. The van der Waals surface area contributed by atoms with Gasteiger partial charge in [0.15, 0.2) is 11.6 Å². The van der Waals surface area contributed by atoms with Crippen molar-refractivity contribution in [3.63, 3.8) is 0 Å². The average Bonchev–Trinajstić information content (AvgIpc) is 2.65. The second-order valence-corrected chi connectivity index (χ2v) is 6.23. The molecule has 136 valence electrons. The molecule has 26 heavy (non-hydrogen) atoms. The molecule has 1 aliphatic rings. The third-order valence-corrected chi connectivity index (χ3v) is 4.23. The van der Waals surface area contributed by atoms with Crippen molar-refractivity contribution in [2.24, 2.45) is 0 Å². The lowest BCUT2D eigenvalue weighted by atomic mass is 10.0. The van der Waals surface area contributed by atoms with E-state index in [-0.39, 0.29) is 17.6 Å². The molecular formula is C20H21FN2O3. The molecule has 2 aromatic rings. The summed E-state index contributed by atoms with van der Waals surface area (Å²) in [6.45, 7) is 0.379. The molecule has 0 radical (unpaired) electrons. The molecule has 2 amide bonds. The third kappa shape index (κ3) is 4.81. The summed E-state index contributed by atoms with van der Waals surface area (Å²) in [6, 6.07) is 13.3. The summed E-state index contributed by atoms with van der Waals surface area (Å²) in [4.78, 5) is 23.4. The molecule has 0 aliphatic carbocycles. The van der Waals surface area contributed by atoms with Gasteiger partial charge in [-0.15, -0.1) is 0 Å². The van der Waals surface area contributed by atoms with Gasteiger partial charge in [-0.2, -0.15) is 0 Å². The molecule has 0 unspecified atom stereocenters. The number of para-hydroxylation sites is 1. The Bertz CT molecular complexity index is 780. The van der Waals surface area contributed by atoms with Crippen LogP contribution in [-0.4, -0.2) is 24.4 Å². The SMILES string of the molecule is O=C1CCC[C@H](C(=O)NCCc2ccc(Oc3ccccc3)c(F)c2)N1. The number of hydrogen-bond donors (Lipinski definition) is 2. The van der Waals surface area contributed by atoms with Crippen LogP contribution >= 0.6 is 0 Å². The Balaban J connectivity index is 1.50. The molecule has 1 saturated heterocycles. The number of ether oxygens (including phenoxy) is 1. The predicted molar refractivity (Wildman–Crippen MR) is 95.4 cm³/mol. The molecular weight excluding hydrogens is 335 g/mol. The minimum absolute atomic E-state index is 0.0903. The van der Waals surface area contributed by atoms with E-state index in [1.807, 2.05) is 18.2 Å². The van der Waals surface area contributed by atoms with Crippen LogP contribution < -0.4 is 15.4 Å². The molecule has 0 saturated carbocycles. The second kappa shape index (κ2) is 8.47. The average molecular weight is 356 g/mol. The van der Waals surface area contributed by atoms with Gasteiger partial charge in [0.05, 0.1) is 0 Å². The van der Waals surface area contributed by atoms with Crippen molar-refractivity contribution in [1.29, 1.82) is 0 Å². The zero-order valence-corrected chi connectivity index (χ0v) is 14.3. The Labute approximate surface area is 151 Å². The van der Waals surface area contributed by atoms with Gasteiger partial charge in [-0.25, -0.2) is 4.39 Å². The molecule has 3 rings (SSSR count). The van der Waals surface area contributed by atoms with Crippen molar-refractivity contribution >= 4 is 11.8 Å². The zero-order valence-electron chi connectivity index (χ0n) is 14.3. The largest absolute Gasteiger partial charge is 0.454 e. The number of benzene rings is 2. The van der Waals surface area contributed by atoms with Gasteiger partial charge in [0.25, 0.3) is 0 Å². The summed E-state index contributed by atoms with van der Waals surface area (Å²) in [6.07, 6.45) is 2.34. The number of halogens is 1. The maximum Gasteiger partial charge on any atom is 0.242 e. The normalized spacial score (nSPS) is 16.7. The van der Waals surface area contributed by atoms with Gasteiger partial charge in [0.2, 0.25) is 11.8 Å². The number of rotatable bonds is 6. The maximum absolute atomic E-state index is 14.2. The van der Waals surface area contributed by atoms with Crippen molar-refractivity contribution in [2.45, 2.75) is 31.7 Å². The highest BCUT2D eigenvalue weighted by Gasteiger charge is 2.24. The molecule has 2 N–H and O–H groups in total. The molecule has 0 spiro atoms. The molecule has 0 aromatic heterocycles. The van der Waals surface area contributed by atoms with Crippen molar-refractivity contribution < 1.29 is 18.7 Å². The smallest absolute Gasteiger partial charge is 0.242 e. The van der Waals surface area contributed by atoms with Gasteiger partial charge in [-0.3, -0.25) is 9.59 Å². The van der Waals surface area contributed by atoms with Gasteiger partial charge in [-0.1, -0.05) is 24.3 Å². The number of hydrogen-bond acceptors (Lipinski definition) is 3. The van der Waals surface area contributed by atoms with Crippen LogP contribution in [0.2, 0.25) is 0 Å². The minimum Gasteiger partial charge on any atom is -0.454 e. The Hall–Kier alpha value is -2.89. The molecule has 1 heterocycles. The summed E-state index contributed by atoms with van der Waals surface area (Å²) in [5, 5.41) is 5.46. The fourth-order valence-corrected chi connectivity index (χ4v) is 2.85. The molecule has 2 aromatic carbocycles. The Kier molecular flexibility index (Phi) is 5.84. The molecule has 0 bridgehead atoms.